The predicted octanol–water partition coefficient (Wildman–Crippen LogP) is 1.43. The van der Waals surface area contributed by atoms with Gasteiger partial charge < -0.3 is 10.0 Å². The summed E-state index contributed by atoms with van der Waals surface area (Å²) in [5, 5.41) is 9.30. The average Bonchev–Trinajstić information content (AvgIpc) is 2.80. The third-order valence-corrected chi connectivity index (χ3v) is 5.91. The summed E-state index contributed by atoms with van der Waals surface area (Å²) in [5.41, 5.74) is -0.395. The maximum absolute atomic E-state index is 12.9. The van der Waals surface area contributed by atoms with Gasteiger partial charge in [-0.2, -0.15) is 0 Å². The van der Waals surface area contributed by atoms with Gasteiger partial charge >= 0.3 is 5.97 Å². The molecular formula is C16H26N2O3. The van der Waals surface area contributed by atoms with Crippen molar-refractivity contribution in [3.63, 3.8) is 0 Å². The van der Waals surface area contributed by atoms with Gasteiger partial charge in [0.05, 0.1) is 11.8 Å². The molecule has 0 aromatic rings. The molecule has 0 aromatic carbocycles. The quantitative estimate of drug-likeness (QED) is 0.855. The fourth-order valence-corrected chi connectivity index (χ4v) is 4.45. The van der Waals surface area contributed by atoms with Crippen molar-refractivity contribution in [3.05, 3.63) is 0 Å². The number of carbonyl (C=O) groups is 2. The minimum absolute atomic E-state index is 0.0748. The van der Waals surface area contributed by atoms with Crippen LogP contribution in [0.5, 0.6) is 0 Å². The maximum Gasteiger partial charge on any atom is 0.307 e. The number of hydrogen-bond donors (Lipinski definition) is 1. The highest BCUT2D eigenvalue weighted by molar-refractivity contribution is 5.92. The molecule has 1 N–H and O–H groups in total. The highest BCUT2D eigenvalue weighted by atomic mass is 16.4. The van der Waals surface area contributed by atoms with Crippen LogP contribution in [0.25, 0.3) is 0 Å². The summed E-state index contributed by atoms with van der Waals surface area (Å²) in [7, 11) is 0. The lowest BCUT2D eigenvalue weighted by atomic mass is 10.0. The number of rotatable bonds is 3. The molecule has 0 bridgehead atoms. The normalized spacial score (nSPS) is 38.1. The number of piperazine rings is 1. The number of nitrogens with zero attached hydrogens (tertiary/aromatic N) is 2. The van der Waals surface area contributed by atoms with Gasteiger partial charge in [-0.25, -0.2) is 0 Å². The average molecular weight is 294 g/mol. The topological polar surface area (TPSA) is 60.9 Å². The van der Waals surface area contributed by atoms with Crippen molar-refractivity contribution in [1.29, 1.82) is 0 Å². The SMILES string of the molecule is CCC1CN2CCCC2CN1C(=O)[C@@H]1[C@H](C(=O)O)C1(C)C. The molecule has 2 aliphatic heterocycles. The molecule has 21 heavy (non-hydrogen) atoms. The number of fused-ring (bicyclic) bond motifs is 1. The Balaban J connectivity index is 1.76. The van der Waals surface area contributed by atoms with Crippen LogP contribution < -0.4 is 0 Å². The van der Waals surface area contributed by atoms with Gasteiger partial charge in [0.25, 0.3) is 0 Å². The van der Waals surface area contributed by atoms with Crippen molar-refractivity contribution in [2.24, 2.45) is 17.3 Å². The highest BCUT2D eigenvalue weighted by Gasteiger charge is 2.67. The van der Waals surface area contributed by atoms with Gasteiger partial charge in [-0.05, 0) is 31.2 Å². The fraction of sp³-hybridized carbons (Fsp3) is 0.875. The Hall–Kier alpha value is -1.10. The first kappa shape index (κ1) is 14.8. The summed E-state index contributed by atoms with van der Waals surface area (Å²) < 4.78 is 0. The Morgan fingerprint density at radius 1 is 1.24 bits per heavy atom. The van der Waals surface area contributed by atoms with Crippen LogP contribution in [-0.4, -0.2) is 58.5 Å². The first-order valence-electron chi connectivity index (χ1n) is 8.15. The van der Waals surface area contributed by atoms with Gasteiger partial charge in [0.15, 0.2) is 0 Å². The van der Waals surface area contributed by atoms with E-state index in [1.807, 2.05) is 18.7 Å². The lowest BCUT2D eigenvalue weighted by Gasteiger charge is -2.43. The predicted molar refractivity (Wildman–Crippen MR) is 78.8 cm³/mol. The monoisotopic (exact) mass is 294 g/mol. The molecular weight excluding hydrogens is 268 g/mol. The number of carboxylic acid groups (broad SMARTS) is 1. The zero-order valence-electron chi connectivity index (χ0n) is 13.2. The Bertz CT molecular complexity index is 462. The zero-order chi connectivity index (χ0) is 15.4. The lowest BCUT2D eigenvalue weighted by molar-refractivity contribution is -0.144. The second-order valence-electron chi connectivity index (χ2n) is 7.46. The summed E-state index contributed by atoms with van der Waals surface area (Å²) >= 11 is 0. The van der Waals surface area contributed by atoms with Crippen molar-refractivity contribution in [3.8, 4) is 0 Å². The van der Waals surface area contributed by atoms with Gasteiger partial charge in [0.1, 0.15) is 0 Å². The van der Waals surface area contributed by atoms with Crippen LogP contribution in [0.3, 0.4) is 0 Å². The van der Waals surface area contributed by atoms with E-state index < -0.39 is 17.3 Å². The summed E-state index contributed by atoms with van der Waals surface area (Å²) in [6, 6.07) is 0.736. The summed E-state index contributed by atoms with van der Waals surface area (Å²) in [6.07, 6.45) is 3.33. The Morgan fingerprint density at radius 2 is 1.95 bits per heavy atom. The molecule has 2 saturated heterocycles. The van der Waals surface area contributed by atoms with Crippen molar-refractivity contribution < 1.29 is 14.7 Å². The lowest BCUT2D eigenvalue weighted by Crippen LogP contribution is -2.58. The molecule has 1 saturated carbocycles. The van der Waals surface area contributed by atoms with E-state index in [-0.39, 0.29) is 17.9 Å². The van der Waals surface area contributed by atoms with E-state index in [2.05, 4.69) is 11.8 Å². The molecule has 2 heterocycles. The number of amides is 1. The third kappa shape index (κ3) is 2.26. The van der Waals surface area contributed by atoms with Gasteiger partial charge in [0, 0.05) is 25.2 Å². The van der Waals surface area contributed by atoms with E-state index in [0.29, 0.717) is 6.04 Å². The Morgan fingerprint density at radius 3 is 2.52 bits per heavy atom. The summed E-state index contributed by atoms with van der Waals surface area (Å²) in [5.74, 6) is -1.60. The molecule has 3 fully saturated rings. The Kier molecular flexibility index (Phi) is 3.51. The first-order chi connectivity index (χ1) is 9.87. The summed E-state index contributed by atoms with van der Waals surface area (Å²) in [6.45, 7) is 8.82. The minimum Gasteiger partial charge on any atom is -0.481 e. The van der Waals surface area contributed by atoms with Gasteiger partial charge in [-0.15, -0.1) is 0 Å². The summed E-state index contributed by atoms with van der Waals surface area (Å²) in [4.78, 5) is 28.7. The number of carbonyl (C=O) groups excluding carboxylic acids is 1. The van der Waals surface area contributed by atoms with Gasteiger partial charge in [-0.1, -0.05) is 20.8 Å². The molecule has 1 amide bonds. The van der Waals surface area contributed by atoms with Crippen LogP contribution in [0.1, 0.15) is 40.0 Å². The Labute approximate surface area is 126 Å². The van der Waals surface area contributed by atoms with Crippen molar-refractivity contribution in [2.75, 3.05) is 19.6 Å². The van der Waals surface area contributed by atoms with Crippen molar-refractivity contribution >= 4 is 11.9 Å². The van der Waals surface area contributed by atoms with E-state index in [1.165, 1.54) is 6.42 Å². The van der Waals surface area contributed by atoms with Gasteiger partial charge in [0.2, 0.25) is 5.91 Å². The van der Waals surface area contributed by atoms with E-state index >= 15 is 0 Å². The fourth-order valence-electron chi connectivity index (χ4n) is 4.45. The molecule has 5 heteroatoms. The third-order valence-electron chi connectivity index (χ3n) is 5.91. The second kappa shape index (κ2) is 4.97. The zero-order valence-corrected chi connectivity index (χ0v) is 13.2. The molecule has 4 atom stereocenters. The molecule has 2 unspecified atom stereocenters. The molecule has 0 spiro atoms. The molecule has 3 aliphatic rings. The maximum atomic E-state index is 12.9. The smallest absolute Gasteiger partial charge is 0.307 e. The van der Waals surface area contributed by atoms with Gasteiger partial charge in [-0.3, -0.25) is 14.5 Å². The van der Waals surface area contributed by atoms with E-state index in [1.54, 1.807) is 0 Å². The molecule has 118 valence electrons. The van der Waals surface area contributed by atoms with Crippen LogP contribution in [0.4, 0.5) is 0 Å². The van der Waals surface area contributed by atoms with E-state index in [4.69, 9.17) is 0 Å². The number of carboxylic acids is 1. The van der Waals surface area contributed by atoms with Crippen LogP contribution in [0, 0.1) is 17.3 Å². The minimum atomic E-state index is -0.828. The van der Waals surface area contributed by atoms with Crippen LogP contribution in [0.2, 0.25) is 0 Å². The molecule has 0 aromatic heterocycles. The largest absolute Gasteiger partial charge is 0.481 e. The van der Waals surface area contributed by atoms with Crippen LogP contribution in [0.15, 0.2) is 0 Å². The van der Waals surface area contributed by atoms with E-state index in [0.717, 1.165) is 32.5 Å². The molecule has 5 nitrogen and oxygen atoms in total. The highest BCUT2D eigenvalue weighted by Crippen LogP contribution is 2.59. The number of aliphatic carboxylic acids is 1. The molecule has 3 rings (SSSR count). The standard InChI is InChI=1S/C16H26N2O3/c1-4-10-8-17-7-5-6-11(17)9-18(10)14(19)12-13(15(20)21)16(12,2)3/h10-13H,4-9H2,1-3H3,(H,20,21)/t10?,11?,12-,13+/m0/s1. The van der Waals surface area contributed by atoms with Crippen LogP contribution >= 0.6 is 0 Å². The first-order valence-corrected chi connectivity index (χ1v) is 8.15. The number of hydrogen-bond acceptors (Lipinski definition) is 3. The van der Waals surface area contributed by atoms with Crippen LogP contribution in [-0.2, 0) is 9.59 Å². The second-order valence-corrected chi connectivity index (χ2v) is 7.46. The van der Waals surface area contributed by atoms with Crippen molar-refractivity contribution in [1.82, 2.24) is 9.80 Å². The molecule has 0 radical (unpaired) electrons. The van der Waals surface area contributed by atoms with E-state index in [9.17, 15) is 14.7 Å². The molecule has 1 aliphatic carbocycles. The van der Waals surface area contributed by atoms with Crippen molar-refractivity contribution in [2.45, 2.75) is 52.1 Å².